The summed E-state index contributed by atoms with van der Waals surface area (Å²) in [6.45, 7) is -1.03. The first kappa shape index (κ1) is 14.9. The smallest absolute Gasteiger partial charge is 0.255 e. The van der Waals surface area contributed by atoms with E-state index in [4.69, 9.17) is 5.11 Å². The third kappa shape index (κ3) is 3.54. The molecule has 0 saturated carbocycles. The summed E-state index contributed by atoms with van der Waals surface area (Å²) in [5.74, 6) is -0.437. The van der Waals surface area contributed by atoms with Gasteiger partial charge in [0.25, 0.3) is 12.3 Å². The molecule has 0 aromatic heterocycles. The van der Waals surface area contributed by atoms with E-state index in [9.17, 15) is 13.6 Å². The highest BCUT2D eigenvalue weighted by Gasteiger charge is 2.20. The van der Waals surface area contributed by atoms with Crippen molar-refractivity contribution in [3.8, 4) is 0 Å². The van der Waals surface area contributed by atoms with Crippen LogP contribution < -0.4 is 0 Å². The van der Waals surface area contributed by atoms with Gasteiger partial charge < -0.3 is 10.0 Å². The number of carbonyl (C=O) groups excluding carboxylic acids is 1. The number of nitrogens with zero attached hydrogens (tertiary/aromatic N) is 1. The third-order valence-corrected chi connectivity index (χ3v) is 3.61. The van der Waals surface area contributed by atoms with Crippen molar-refractivity contribution in [1.29, 1.82) is 0 Å². The summed E-state index contributed by atoms with van der Waals surface area (Å²) >= 11 is 0. The molecule has 1 aromatic rings. The Balaban J connectivity index is 2.17. The zero-order chi connectivity index (χ0) is 14.5. The number of alkyl halides is 2. The summed E-state index contributed by atoms with van der Waals surface area (Å²) in [7, 11) is 0. The van der Waals surface area contributed by atoms with Gasteiger partial charge in [0.1, 0.15) is 0 Å². The van der Waals surface area contributed by atoms with Crippen LogP contribution in [-0.4, -0.2) is 42.0 Å². The predicted molar refractivity (Wildman–Crippen MR) is 72.1 cm³/mol. The van der Waals surface area contributed by atoms with Crippen LogP contribution in [0.1, 0.15) is 34.3 Å². The molecule has 0 radical (unpaired) electrons. The Morgan fingerprint density at radius 3 is 2.60 bits per heavy atom. The van der Waals surface area contributed by atoms with Gasteiger partial charge in [-0.05, 0) is 48.9 Å². The number of aliphatic hydroxyl groups is 1. The van der Waals surface area contributed by atoms with Gasteiger partial charge in [0.2, 0.25) is 0 Å². The lowest BCUT2D eigenvalue weighted by Gasteiger charge is -2.23. The fraction of sp³-hybridized carbons (Fsp3) is 0.533. The highest BCUT2D eigenvalue weighted by atomic mass is 19.3. The van der Waals surface area contributed by atoms with E-state index in [0.717, 1.165) is 36.1 Å². The van der Waals surface area contributed by atoms with Crippen LogP contribution in [0, 0.1) is 0 Å². The van der Waals surface area contributed by atoms with Gasteiger partial charge in [-0.1, -0.05) is 6.07 Å². The summed E-state index contributed by atoms with van der Waals surface area (Å²) in [5, 5.41) is 8.90. The van der Waals surface area contributed by atoms with Crippen LogP contribution in [0.2, 0.25) is 0 Å². The minimum absolute atomic E-state index is 0.0692. The van der Waals surface area contributed by atoms with Crippen molar-refractivity contribution in [2.75, 3.05) is 19.7 Å². The zero-order valence-corrected chi connectivity index (χ0v) is 11.3. The largest absolute Gasteiger partial charge is 0.395 e. The first-order valence-corrected chi connectivity index (χ1v) is 6.92. The van der Waals surface area contributed by atoms with Crippen LogP contribution >= 0.6 is 0 Å². The van der Waals surface area contributed by atoms with Gasteiger partial charge in [0, 0.05) is 12.1 Å². The molecule has 0 fully saturated rings. The topological polar surface area (TPSA) is 40.5 Å². The molecule has 1 aromatic carbocycles. The van der Waals surface area contributed by atoms with E-state index < -0.39 is 18.9 Å². The second-order valence-electron chi connectivity index (χ2n) is 5.06. The summed E-state index contributed by atoms with van der Waals surface area (Å²) in [6, 6.07) is 5.43. The minimum Gasteiger partial charge on any atom is -0.395 e. The Morgan fingerprint density at radius 1 is 1.25 bits per heavy atom. The second kappa shape index (κ2) is 6.79. The maximum atomic E-state index is 12.5. The van der Waals surface area contributed by atoms with Crippen molar-refractivity contribution in [2.45, 2.75) is 32.1 Å². The lowest BCUT2D eigenvalue weighted by Crippen LogP contribution is -2.37. The number of carbonyl (C=O) groups is 1. The van der Waals surface area contributed by atoms with Gasteiger partial charge in [-0.25, -0.2) is 8.78 Å². The lowest BCUT2D eigenvalue weighted by atomic mass is 9.90. The molecule has 1 N–H and O–H groups in total. The molecule has 0 bridgehead atoms. The van der Waals surface area contributed by atoms with Gasteiger partial charge in [-0.3, -0.25) is 4.79 Å². The highest BCUT2D eigenvalue weighted by molar-refractivity contribution is 5.94. The first-order chi connectivity index (χ1) is 9.61. The van der Waals surface area contributed by atoms with Gasteiger partial charge in [-0.15, -0.1) is 0 Å². The van der Waals surface area contributed by atoms with E-state index in [2.05, 4.69) is 0 Å². The number of amides is 1. The Morgan fingerprint density at radius 2 is 1.95 bits per heavy atom. The average molecular weight is 283 g/mol. The van der Waals surface area contributed by atoms with Crippen molar-refractivity contribution in [2.24, 2.45) is 0 Å². The lowest BCUT2D eigenvalue weighted by molar-refractivity contribution is 0.0509. The van der Waals surface area contributed by atoms with Crippen molar-refractivity contribution in [3.05, 3.63) is 34.9 Å². The Labute approximate surface area is 117 Å². The molecule has 20 heavy (non-hydrogen) atoms. The standard InChI is InChI=1S/C15H19F2NO2/c16-14(17)10-18(7-8-19)15(20)13-6-5-11-3-1-2-4-12(11)9-13/h5-6,9,14,19H,1-4,7-8,10H2. The van der Waals surface area contributed by atoms with Crippen molar-refractivity contribution in [3.63, 3.8) is 0 Å². The van der Waals surface area contributed by atoms with E-state index in [-0.39, 0.29) is 13.2 Å². The highest BCUT2D eigenvalue weighted by Crippen LogP contribution is 2.23. The molecule has 0 saturated heterocycles. The average Bonchev–Trinajstić information content (AvgIpc) is 2.45. The molecule has 0 heterocycles. The van der Waals surface area contributed by atoms with E-state index >= 15 is 0 Å². The molecule has 2 rings (SSSR count). The molecule has 1 aliphatic carbocycles. The predicted octanol–water partition coefficient (Wildman–Crippen LogP) is 2.27. The molecule has 3 nitrogen and oxygen atoms in total. The quantitative estimate of drug-likeness (QED) is 0.900. The number of benzene rings is 1. The van der Waals surface area contributed by atoms with Crippen LogP contribution in [0.5, 0.6) is 0 Å². The number of hydrogen-bond acceptors (Lipinski definition) is 2. The number of aliphatic hydroxyl groups excluding tert-OH is 1. The van der Waals surface area contributed by atoms with E-state index in [0.29, 0.717) is 5.56 Å². The van der Waals surface area contributed by atoms with Crippen LogP contribution in [0.3, 0.4) is 0 Å². The van der Waals surface area contributed by atoms with Gasteiger partial charge in [0.05, 0.1) is 13.2 Å². The van der Waals surface area contributed by atoms with E-state index in [1.807, 2.05) is 12.1 Å². The molecule has 0 aliphatic heterocycles. The first-order valence-electron chi connectivity index (χ1n) is 6.92. The molecule has 1 aliphatic rings. The monoisotopic (exact) mass is 283 g/mol. The maximum Gasteiger partial charge on any atom is 0.255 e. The molecule has 0 spiro atoms. The second-order valence-corrected chi connectivity index (χ2v) is 5.06. The fourth-order valence-electron chi connectivity index (χ4n) is 2.61. The molecule has 0 unspecified atom stereocenters. The number of fused-ring (bicyclic) bond motifs is 1. The molecule has 110 valence electrons. The normalized spacial score (nSPS) is 14.2. The summed E-state index contributed by atoms with van der Waals surface area (Å²) < 4.78 is 25.0. The zero-order valence-electron chi connectivity index (χ0n) is 11.3. The van der Waals surface area contributed by atoms with E-state index in [1.165, 1.54) is 5.56 Å². The molecular formula is C15H19F2NO2. The minimum atomic E-state index is -2.59. The molecule has 1 amide bonds. The van der Waals surface area contributed by atoms with Crippen LogP contribution in [0.15, 0.2) is 18.2 Å². The van der Waals surface area contributed by atoms with Gasteiger partial charge in [0.15, 0.2) is 0 Å². The third-order valence-electron chi connectivity index (χ3n) is 3.61. The van der Waals surface area contributed by atoms with Gasteiger partial charge >= 0.3 is 0 Å². The van der Waals surface area contributed by atoms with Crippen molar-refractivity contribution in [1.82, 2.24) is 4.90 Å². The number of halogens is 2. The fourth-order valence-corrected chi connectivity index (χ4v) is 2.61. The summed E-state index contributed by atoms with van der Waals surface area (Å²) in [5.41, 5.74) is 2.82. The SMILES string of the molecule is O=C(c1ccc2c(c1)CCCC2)N(CCO)CC(F)F. The molecule has 0 atom stereocenters. The van der Waals surface area contributed by atoms with Crippen LogP contribution in [0.25, 0.3) is 0 Å². The van der Waals surface area contributed by atoms with Crippen LogP contribution in [0.4, 0.5) is 8.78 Å². The Bertz CT molecular complexity index is 477. The summed E-state index contributed by atoms with van der Waals surface area (Å²) in [4.78, 5) is 13.2. The maximum absolute atomic E-state index is 12.5. The number of rotatable bonds is 5. The van der Waals surface area contributed by atoms with Crippen molar-refractivity contribution >= 4 is 5.91 Å². The van der Waals surface area contributed by atoms with Crippen LogP contribution in [-0.2, 0) is 12.8 Å². The molecule has 5 heteroatoms. The van der Waals surface area contributed by atoms with E-state index in [1.54, 1.807) is 6.07 Å². The summed E-state index contributed by atoms with van der Waals surface area (Å²) in [6.07, 6.45) is 1.61. The van der Waals surface area contributed by atoms with Crippen molar-refractivity contribution < 1.29 is 18.7 Å². The number of aryl methyl sites for hydroxylation is 2. The number of hydrogen-bond donors (Lipinski definition) is 1. The Hall–Kier alpha value is -1.49. The Kier molecular flexibility index (Phi) is 5.06. The molecular weight excluding hydrogens is 264 g/mol. The van der Waals surface area contributed by atoms with Gasteiger partial charge in [-0.2, -0.15) is 0 Å².